The van der Waals surface area contributed by atoms with E-state index >= 15 is 0 Å². The molecule has 1 fully saturated rings. The van der Waals surface area contributed by atoms with Crippen molar-refractivity contribution in [1.82, 2.24) is 10.6 Å². The highest BCUT2D eigenvalue weighted by Gasteiger charge is 2.27. The van der Waals surface area contributed by atoms with Crippen molar-refractivity contribution < 1.29 is 9.59 Å². The molecule has 0 aromatic carbocycles. The summed E-state index contributed by atoms with van der Waals surface area (Å²) in [5.74, 6) is -0.166. The van der Waals surface area contributed by atoms with E-state index < -0.39 is 0 Å². The summed E-state index contributed by atoms with van der Waals surface area (Å²) in [5.41, 5.74) is 1.46. The van der Waals surface area contributed by atoms with Gasteiger partial charge in [-0.2, -0.15) is 0 Å². The van der Waals surface area contributed by atoms with Crippen LogP contribution in [0, 0.1) is 5.92 Å². The molecule has 0 radical (unpaired) electrons. The molecule has 1 heterocycles. The first kappa shape index (κ1) is 11.2. The number of allylic oxidation sites excluding steroid dienone is 1. The summed E-state index contributed by atoms with van der Waals surface area (Å²) in [4.78, 5) is 22.6. The summed E-state index contributed by atoms with van der Waals surface area (Å²) in [6, 6.07) is 0. The molecule has 88 valence electrons. The van der Waals surface area contributed by atoms with Gasteiger partial charge >= 0.3 is 0 Å². The van der Waals surface area contributed by atoms with Gasteiger partial charge in [0.25, 0.3) is 0 Å². The van der Waals surface area contributed by atoms with Gasteiger partial charge in [-0.25, -0.2) is 0 Å². The highest BCUT2D eigenvalue weighted by Crippen LogP contribution is 2.19. The fourth-order valence-electron chi connectivity index (χ4n) is 2.25. The Morgan fingerprint density at radius 1 is 1.56 bits per heavy atom. The van der Waals surface area contributed by atoms with E-state index in [1.807, 2.05) is 0 Å². The second kappa shape index (κ2) is 5.14. The van der Waals surface area contributed by atoms with Crippen LogP contribution in [0.15, 0.2) is 11.6 Å². The molecule has 1 aliphatic heterocycles. The predicted molar refractivity (Wildman–Crippen MR) is 60.7 cm³/mol. The van der Waals surface area contributed by atoms with E-state index in [0.29, 0.717) is 19.5 Å². The highest BCUT2D eigenvalue weighted by molar-refractivity contribution is 5.89. The lowest BCUT2D eigenvalue weighted by atomic mass is 10.1. The first-order valence-corrected chi connectivity index (χ1v) is 5.98. The summed E-state index contributed by atoms with van der Waals surface area (Å²) >= 11 is 0. The van der Waals surface area contributed by atoms with Crippen LogP contribution in [0.25, 0.3) is 0 Å². The molecule has 0 bridgehead atoms. The van der Waals surface area contributed by atoms with E-state index in [4.69, 9.17) is 0 Å². The number of carbonyl (C=O) groups excluding carboxylic acids is 2. The van der Waals surface area contributed by atoms with Crippen molar-refractivity contribution in [1.29, 1.82) is 0 Å². The highest BCUT2D eigenvalue weighted by atomic mass is 16.2. The fraction of sp³-hybridized carbons (Fsp3) is 0.667. The quantitative estimate of drug-likeness (QED) is 0.689. The third-order valence-corrected chi connectivity index (χ3v) is 3.23. The van der Waals surface area contributed by atoms with E-state index in [1.54, 1.807) is 0 Å². The van der Waals surface area contributed by atoms with Crippen LogP contribution >= 0.6 is 0 Å². The minimum Gasteiger partial charge on any atom is -0.355 e. The predicted octanol–water partition coefficient (Wildman–Crippen LogP) is 0.739. The van der Waals surface area contributed by atoms with Gasteiger partial charge in [-0.1, -0.05) is 11.6 Å². The second-order valence-electron chi connectivity index (χ2n) is 4.50. The molecule has 1 unspecified atom stereocenters. The lowest BCUT2D eigenvalue weighted by molar-refractivity contribution is -0.126. The van der Waals surface area contributed by atoms with E-state index in [2.05, 4.69) is 16.7 Å². The molecule has 16 heavy (non-hydrogen) atoms. The van der Waals surface area contributed by atoms with Crippen LogP contribution in [0.1, 0.15) is 32.1 Å². The number of hydrogen-bond donors (Lipinski definition) is 2. The van der Waals surface area contributed by atoms with Gasteiger partial charge in [0.05, 0.1) is 5.92 Å². The van der Waals surface area contributed by atoms with Gasteiger partial charge in [0.1, 0.15) is 0 Å². The van der Waals surface area contributed by atoms with E-state index in [1.165, 1.54) is 24.8 Å². The van der Waals surface area contributed by atoms with Gasteiger partial charge in [0.15, 0.2) is 0 Å². The van der Waals surface area contributed by atoms with E-state index in [9.17, 15) is 9.59 Å². The van der Waals surface area contributed by atoms with Crippen LogP contribution in [0.2, 0.25) is 0 Å². The minimum atomic E-state index is -0.162. The molecule has 2 amide bonds. The van der Waals surface area contributed by atoms with Gasteiger partial charge in [-0.05, 0) is 25.7 Å². The van der Waals surface area contributed by atoms with Crippen LogP contribution < -0.4 is 10.6 Å². The zero-order chi connectivity index (χ0) is 11.4. The Bertz CT molecular complexity index is 323. The molecule has 2 N–H and O–H groups in total. The summed E-state index contributed by atoms with van der Waals surface area (Å²) in [6.07, 6.45) is 7.19. The maximum absolute atomic E-state index is 11.6. The van der Waals surface area contributed by atoms with Crippen molar-refractivity contribution in [2.45, 2.75) is 32.1 Å². The Labute approximate surface area is 95.5 Å². The molecule has 2 rings (SSSR count). The first-order chi connectivity index (χ1) is 7.75. The van der Waals surface area contributed by atoms with Crippen molar-refractivity contribution in [2.24, 2.45) is 5.92 Å². The molecule has 1 aliphatic carbocycles. The SMILES string of the molecule is O=C1CC(C(=O)NCCC2=CCCC2)CN1. The standard InChI is InChI=1S/C12H18N2O2/c15-11-7-10(8-14-11)12(16)13-6-5-9-3-1-2-4-9/h3,10H,1-2,4-8H2,(H,13,16)(H,14,15). The number of hydrogen-bond acceptors (Lipinski definition) is 2. The molecule has 1 atom stereocenters. The zero-order valence-corrected chi connectivity index (χ0v) is 9.42. The van der Waals surface area contributed by atoms with E-state index in [-0.39, 0.29) is 17.7 Å². The van der Waals surface area contributed by atoms with E-state index in [0.717, 1.165) is 6.42 Å². The molecule has 0 saturated carbocycles. The third kappa shape index (κ3) is 2.84. The van der Waals surface area contributed by atoms with Gasteiger partial charge in [-0.3, -0.25) is 9.59 Å². The molecule has 0 aromatic heterocycles. The molecular formula is C12H18N2O2. The number of rotatable bonds is 4. The Balaban J connectivity index is 1.65. The summed E-state index contributed by atoms with van der Waals surface area (Å²) in [6.45, 7) is 1.20. The lowest BCUT2D eigenvalue weighted by Gasteiger charge is -2.09. The van der Waals surface area contributed by atoms with Gasteiger partial charge in [0, 0.05) is 19.5 Å². The molecule has 1 saturated heterocycles. The molecule has 2 aliphatic rings. The van der Waals surface area contributed by atoms with Gasteiger partial charge in [0.2, 0.25) is 11.8 Å². The number of amides is 2. The maximum Gasteiger partial charge on any atom is 0.225 e. The van der Waals surface area contributed by atoms with Gasteiger partial charge in [-0.15, -0.1) is 0 Å². The number of carbonyl (C=O) groups is 2. The number of nitrogens with one attached hydrogen (secondary N) is 2. The second-order valence-corrected chi connectivity index (χ2v) is 4.50. The fourth-order valence-corrected chi connectivity index (χ4v) is 2.25. The Morgan fingerprint density at radius 2 is 2.44 bits per heavy atom. The normalized spacial score (nSPS) is 24.1. The third-order valence-electron chi connectivity index (χ3n) is 3.23. The smallest absolute Gasteiger partial charge is 0.225 e. The van der Waals surface area contributed by atoms with Crippen molar-refractivity contribution in [3.8, 4) is 0 Å². The molecular weight excluding hydrogens is 204 g/mol. The van der Waals surface area contributed by atoms with Crippen molar-refractivity contribution in [2.75, 3.05) is 13.1 Å². The minimum absolute atomic E-state index is 0.0111. The largest absolute Gasteiger partial charge is 0.355 e. The molecule has 0 aromatic rings. The Morgan fingerprint density at radius 3 is 3.06 bits per heavy atom. The molecule has 4 heteroatoms. The Kier molecular flexibility index (Phi) is 3.59. The van der Waals surface area contributed by atoms with Crippen molar-refractivity contribution in [3.63, 3.8) is 0 Å². The lowest BCUT2D eigenvalue weighted by Crippen LogP contribution is -2.32. The topological polar surface area (TPSA) is 58.2 Å². The van der Waals surface area contributed by atoms with Crippen LogP contribution in [-0.4, -0.2) is 24.9 Å². The Hall–Kier alpha value is -1.32. The summed E-state index contributed by atoms with van der Waals surface area (Å²) < 4.78 is 0. The van der Waals surface area contributed by atoms with Crippen LogP contribution in [0.4, 0.5) is 0 Å². The summed E-state index contributed by atoms with van der Waals surface area (Å²) in [7, 11) is 0. The average molecular weight is 222 g/mol. The van der Waals surface area contributed by atoms with Crippen LogP contribution in [0.3, 0.4) is 0 Å². The first-order valence-electron chi connectivity index (χ1n) is 5.98. The van der Waals surface area contributed by atoms with Crippen molar-refractivity contribution in [3.05, 3.63) is 11.6 Å². The van der Waals surface area contributed by atoms with Crippen LogP contribution in [-0.2, 0) is 9.59 Å². The monoisotopic (exact) mass is 222 g/mol. The van der Waals surface area contributed by atoms with Crippen molar-refractivity contribution >= 4 is 11.8 Å². The molecule has 0 spiro atoms. The average Bonchev–Trinajstić information content (AvgIpc) is 2.89. The zero-order valence-electron chi connectivity index (χ0n) is 9.42. The van der Waals surface area contributed by atoms with Crippen LogP contribution in [0.5, 0.6) is 0 Å². The summed E-state index contributed by atoms with van der Waals surface area (Å²) in [5, 5.41) is 5.57. The van der Waals surface area contributed by atoms with Gasteiger partial charge < -0.3 is 10.6 Å². The maximum atomic E-state index is 11.6. The molecule has 4 nitrogen and oxygen atoms in total.